The van der Waals surface area contributed by atoms with Gasteiger partial charge in [-0.25, -0.2) is 13.1 Å². The molecule has 1 fully saturated rings. The fourth-order valence-electron chi connectivity index (χ4n) is 4.08. The molecule has 4 rings (SSSR count). The second-order valence-corrected chi connectivity index (χ2v) is 11.2. The number of hydrogen-bond donors (Lipinski definition) is 1. The van der Waals surface area contributed by atoms with E-state index >= 15 is 0 Å². The van der Waals surface area contributed by atoms with Gasteiger partial charge >= 0.3 is 0 Å². The fraction of sp³-hybridized carbons (Fsp3) is 0.360. The Morgan fingerprint density at radius 1 is 1.06 bits per heavy atom. The van der Waals surface area contributed by atoms with Crippen LogP contribution < -0.4 is 10.1 Å². The number of carbonyl (C=O) groups excluding carboxylic acids is 1. The molecule has 1 aliphatic heterocycles. The first kappa shape index (κ1) is 25.3. The van der Waals surface area contributed by atoms with Crippen molar-refractivity contribution in [2.45, 2.75) is 36.8 Å². The van der Waals surface area contributed by atoms with E-state index in [0.717, 1.165) is 42.0 Å². The van der Waals surface area contributed by atoms with Crippen molar-refractivity contribution in [3.63, 3.8) is 0 Å². The normalized spacial score (nSPS) is 14.6. The molecule has 2 heterocycles. The molecule has 1 N–H and O–H groups in total. The highest BCUT2D eigenvalue weighted by atomic mass is 32.2. The number of anilines is 1. The van der Waals surface area contributed by atoms with E-state index < -0.39 is 10.0 Å². The van der Waals surface area contributed by atoms with Crippen molar-refractivity contribution < 1.29 is 17.9 Å². The van der Waals surface area contributed by atoms with E-state index in [-0.39, 0.29) is 10.8 Å². The van der Waals surface area contributed by atoms with Crippen molar-refractivity contribution in [3.8, 4) is 11.4 Å². The molecule has 1 amide bonds. The number of nitrogens with one attached hydrogen (secondary N) is 1. The number of thioether (sulfide) groups is 1. The van der Waals surface area contributed by atoms with Gasteiger partial charge in [0, 0.05) is 30.0 Å². The van der Waals surface area contributed by atoms with Crippen LogP contribution in [0.5, 0.6) is 5.75 Å². The molecule has 1 saturated heterocycles. The molecular weight excluding hydrogens is 484 g/mol. The average molecular weight is 515 g/mol. The van der Waals surface area contributed by atoms with E-state index in [1.165, 1.54) is 16.4 Å². The van der Waals surface area contributed by atoms with Crippen molar-refractivity contribution in [2.75, 3.05) is 31.8 Å². The maximum absolute atomic E-state index is 13.1. The Labute approximate surface area is 210 Å². The van der Waals surface area contributed by atoms with Gasteiger partial charge in [-0.1, -0.05) is 6.42 Å². The van der Waals surface area contributed by atoms with E-state index in [1.54, 1.807) is 35.7 Å². The summed E-state index contributed by atoms with van der Waals surface area (Å²) in [5.41, 5.74) is 2.93. The lowest BCUT2D eigenvalue weighted by Gasteiger charge is -2.25. The Bertz CT molecular complexity index is 1280. The monoisotopic (exact) mass is 514 g/mol. The second-order valence-electron chi connectivity index (χ2n) is 8.41. The molecule has 35 heavy (non-hydrogen) atoms. The van der Waals surface area contributed by atoms with Gasteiger partial charge in [0.15, 0.2) is 0 Å². The van der Waals surface area contributed by atoms with Crippen LogP contribution in [0.25, 0.3) is 5.69 Å². The van der Waals surface area contributed by atoms with Gasteiger partial charge in [-0.05, 0) is 74.6 Å². The molecule has 2 aromatic carbocycles. The Morgan fingerprint density at radius 2 is 1.71 bits per heavy atom. The topological polar surface area (TPSA) is 93.5 Å². The van der Waals surface area contributed by atoms with Gasteiger partial charge in [0.2, 0.25) is 10.0 Å². The molecule has 1 aromatic heterocycles. The molecule has 8 nitrogen and oxygen atoms in total. The van der Waals surface area contributed by atoms with Crippen LogP contribution in [0, 0.1) is 6.92 Å². The lowest BCUT2D eigenvalue weighted by Crippen LogP contribution is -2.35. The lowest BCUT2D eigenvalue weighted by atomic mass is 10.2. The summed E-state index contributed by atoms with van der Waals surface area (Å²) < 4.78 is 34.3. The first-order chi connectivity index (χ1) is 16.8. The summed E-state index contributed by atoms with van der Waals surface area (Å²) in [6.45, 7) is 3.01. The number of amides is 1. The number of nitrogens with zero attached hydrogens (tertiary/aromatic N) is 3. The molecule has 3 aromatic rings. The summed E-state index contributed by atoms with van der Waals surface area (Å²) in [6, 6.07) is 13.6. The molecule has 10 heteroatoms. The number of aromatic nitrogens is 2. The van der Waals surface area contributed by atoms with E-state index in [2.05, 4.69) is 5.32 Å². The maximum Gasteiger partial charge on any atom is 0.256 e. The SMILES string of the molecule is COc1ccc(-n2nc(CSC)c(C)c2NC(=O)c2ccc(S(=O)(=O)N3CCCCC3)cc2)cc1. The minimum atomic E-state index is -3.55. The molecule has 0 atom stereocenters. The van der Waals surface area contributed by atoms with Crippen LogP contribution in [-0.4, -0.2) is 54.9 Å². The molecule has 0 aliphatic carbocycles. The predicted molar refractivity (Wildman–Crippen MR) is 139 cm³/mol. The lowest BCUT2D eigenvalue weighted by molar-refractivity contribution is 0.102. The smallest absolute Gasteiger partial charge is 0.256 e. The minimum Gasteiger partial charge on any atom is -0.497 e. The van der Waals surface area contributed by atoms with Crippen LogP contribution in [0.15, 0.2) is 53.4 Å². The van der Waals surface area contributed by atoms with Crippen LogP contribution in [0.1, 0.15) is 40.9 Å². The molecule has 0 unspecified atom stereocenters. The van der Waals surface area contributed by atoms with Gasteiger partial charge in [0.1, 0.15) is 11.6 Å². The van der Waals surface area contributed by atoms with Crippen molar-refractivity contribution >= 4 is 33.5 Å². The zero-order valence-electron chi connectivity index (χ0n) is 20.2. The second kappa shape index (κ2) is 10.8. The number of carbonyl (C=O) groups is 1. The van der Waals surface area contributed by atoms with Crippen molar-refractivity contribution in [1.82, 2.24) is 14.1 Å². The van der Waals surface area contributed by atoms with Crippen molar-refractivity contribution in [3.05, 3.63) is 65.4 Å². The van der Waals surface area contributed by atoms with Gasteiger partial charge in [-0.15, -0.1) is 0 Å². The van der Waals surface area contributed by atoms with Crippen LogP contribution in [0.2, 0.25) is 0 Å². The highest BCUT2D eigenvalue weighted by molar-refractivity contribution is 7.97. The molecule has 0 bridgehead atoms. The van der Waals surface area contributed by atoms with Crippen molar-refractivity contribution in [2.24, 2.45) is 0 Å². The average Bonchev–Trinajstić information content (AvgIpc) is 3.19. The van der Waals surface area contributed by atoms with Gasteiger partial charge in [0.05, 0.1) is 23.4 Å². The summed E-state index contributed by atoms with van der Waals surface area (Å²) in [5.74, 6) is 1.68. The summed E-state index contributed by atoms with van der Waals surface area (Å²) in [6.07, 6.45) is 4.80. The summed E-state index contributed by atoms with van der Waals surface area (Å²) >= 11 is 1.65. The predicted octanol–water partition coefficient (Wildman–Crippen LogP) is 4.48. The van der Waals surface area contributed by atoms with Crippen LogP contribution in [-0.2, 0) is 15.8 Å². The van der Waals surface area contributed by atoms with Gasteiger partial charge in [-0.2, -0.15) is 21.2 Å². The van der Waals surface area contributed by atoms with E-state index in [0.29, 0.717) is 30.2 Å². The Balaban J connectivity index is 1.59. The molecule has 1 aliphatic rings. The molecule has 0 spiro atoms. The number of rotatable bonds is 8. The number of piperidine rings is 1. The van der Waals surface area contributed by atoms with Gasteiger partial charge in [0.25, 0.3) is 5.91 Å². The minimum absolute atomic E-state index is 0.206. The Kier molecular flexibility index (Phi) is 7.83. The van der Waals surface area contributed by atoms with E-state index in [4.69, 9.17) is 9.84 Å². The molecule has 0 radical (unpaired) electrons. The molecule has 0 saturated carbocycles. The number of sulfonamides is 1. The number of benzene rings is 2. The third kappa shape index (κ3) is 5.39. The summed E-state index contributed by atoms with van der Waals surface area (Å²) in [7, 11) is -1.94. The fourth-order valence-corrected chi connectivity index (χ4v) is 6.15. The zero-order chi connectivity index (χ0) is 25.0. The van der Waals surface area contributed by atoms with E-state index in [1.807, 2.05) is 37.4 Å². The number of hydrogen-bond acceptors (Lipinski definition) is 6. The third-order valence-electron chi connectivity index (χ3n) is 6.12. The van der Waals surface area contributed by atoms with Crippen LogP contribution in [0.3, 0.4) is 0 Å². The Hall–Kier alpha value is -2.82. The van der Waals surface area contributed by atoms with Crippen molar-refractivity contribution in [1.29, 1.82) is 0 Å². The first-order valence-corrected chi connectivity index (χ1v) is 14.3. The largest absolute Gasteiger partial charge is 0.497 e. The van der Waals surface area contributed by atoms with Gasteiger partial charge in [-0.3, -0.25) is 4.79 Å². The zero-order valence-corrected chi connectivity index (χ0v) is 21.8. The maximum atomic E-state index is 13.1. The standard InChI is InChI=1S/C25H30N4O4S2/c1-18-23(17-34-3)27-29(20-9-11-21(33-2)12-10-20)24(18)26-25(30)19-7-13-22(14-8-19)35(31,32)28-15-5-4-6-16-28/h7-14H,4-6,15-17H2,1-3H3,(H,26,30). The van der Waals surface area contributed by atoms with E-state index in [9.17, 15) is 13.2 Å². The Morgan fingerprint density at radius 3 is 2.31 bits per heavy atom. The highest BCUT2D eigenvalue weighted by Crippen LogP contribution is 2.27. The van der Waals surface area contributed by atoms with Crippen LogP contribution in [0.4, 0.5) is 5.82 Å². The number of ether oxygens (including phenoxy) is 1. The van der Waals surface area contributed by atoms with Gasteiger partial charge < -0.3 is 10.1 Å². The summed E-state index contributed by atoms with van der Waals surface area (Å²) in [4.78, 5) is 13.3. The molecular formula is C25H30N4O4S2. The first-order valence-electron chi connectivity index (χ1n) is 11.5. The summed E-state index contributed by atoms with van der Waals surface area (Å²) in [5, 5.41) is 7.71. The van der Waals surface area contributed by atoms with Crippen LogP contribution >= 0.6 is 11.8 Å². The quantitative estimate of drug-likeness (QED) is 0.476. The number of methoxy groups -OCH3 is 1. The molecule has 186 valence electrons. The third-order valence-corrected chi connectivity index (χ3v) is 8.59. The highest BCUT2D eigenvalue weighted by Gasteiger charge is 2.26.